The normalized spacial score (nSPS) is 10.8. The van der Waals surface area contributed by atoms with Crippen LogP contribution in [-0.4, -0.2) is 50.9 Å². The van der Waals surface area contributed by atoms with Crippen LogP contribution in [0.2, 0.25) is 0 Å². The van der Waals surface area contributed by atoms with E-state index in [4.69, 9.17) is 9.47 Å². The lowest BCUT2D eigenvalue weighted by Gasteiger charge is -2.19. The molecule has 0 aromatic heterocycles. The molecular weight excluding hydrogens is 429 g/mol. The molecular formula is C22H23F3N2O5. The highest BCUT2D eigenvalue weighted by atomic mass is 19.4. The molecule has 0 aliphatic carbocycles. The maximum absolute atomic E-state index is 12.8. The first-order valence-corrected chi connectivity index (χ1v) is 9.34. The molecule has 0 aliphatic rings. The molecule has 2 rings (SSSR count). The van der Waals surface area contributed by atoms with E-state index in [2.05, 4.69) is 16.6 Å². The minimum atomic E-state index is -4.80. The smallest absolute Gasteiger partial charge is 0.493 e. The summed E-state index contributed by atoms with van der Waals surface area (Å²) in [5, 5.41) is 2.51. The number of amides is 2. The summed E-state index contributed by atoms with van der Waals surface area (Å²) in [6, 6.07) is 7.82. The Bertz CT molecular complexity index is 975. The predicted molar refractivity (Wildman–Crippen MR) is 112 cm³/mol. The monoisotopic (exact) mass is 452 g/mol. The number of benzene rings is 2. The van der Waals surface area contributed by atoms with E-state index in [0.29, 0.717) is 29.0 Å². The molecule has 0 saturated carbocycles. The van der Waals surface area contributed by atoms with Crippen LogP contribution >= 0.6 is 0 Å². The van der Waals surface area contributed by atoms with E-state index < -0.39 is 23.9 Å². The van der Waals surface area contributed by atoms with Gasteiger partial charge in [0, 0.05) is 23.9 Å². The van der Waals surface area contributed by atoms with Gasteiger partial charge in [0.15, 0.2) is 11.5 Å². The highest BCUT2D eigenvalue weighted by Crippen LogP contribution is 2.33. The first kappa shape index (κ1) is 24.6. The molecule has 0 atom stereocenters. The Morgan fingerprint density at radius 2 is 1.78 bits per heavy atom. The van der Waals surface area contributed by atoms with Crippen LogP contribution in [0.5, 0.6) is 17.2 Å². The van der Waals surface area contributed by atoms with E-state index in [9.17, 15) is 22.8 Å². The Balaban J connectivity index is 2.08. The van der Waals surface area contributed by atoms with Crippen molar-refractivity contribution < 1.29 is 37.0 Å². The highest BCUT2D eigenvalue weighted by molar-refractivity contribution is 5.99. The number of alkyl halides is 3. The molecule has 2 aromatic rings. The van der Waals surface area contributed by atoms with E-state index in [-0.39, 0.29) is 12.2 Å². The number of nitrogens with zero attached hydrogens (tertiary/aromatic N) is 1. The lowest BCUT2D eigenvalue weighted by molar-refractivity contribution is -0.274. The number of carbonyl (C=O) groups excluding carboxylic acids is 2. The number of methoxy groups -OCH3 is 2. The summed E-state index contributed by atoms with van der Waals surface area (Å²) >= 11 is 0. The minimum absolute atomic E-state index is 0.254. The summed E-state index contributed by atoms with van der Waals surface area (Å²) < 4.78 is 51.1. The number of allylic oxidation sites excluding steroid dienone is 1. The number of ether oxygens (including phenoxy) is 3. The number of rotatable bonds is 9. The van der Waals surface area contributed by atoms with Crippen molar-refractivity contribution in [1.29, 1.82) is 0 Å². The van der Waals surface area contributed by atoms with Crippen molar-refractivity contribution in [3.63, 3.8) is 0 Å². The zero-order valence-electron chi connectivity index (χ0n) is 17.8. The predicted octanol–water partition coefficient (Wildman–Crippen LogP) is 4.04. The van der Waals surface area contributed by atoms with Crippen LogP contribution in [-0.2, 0) is 11.2 Å². The molecule has 2 aromatic carbocycles. The summed E-state index contributed by atoms with van der Waals surface area (Å²) in [5.74, 6) is -0.513. The largest absolute Gasteiger partial charge is 0.573 e. The lowest BCUT2D eigenvalue weighted by atomic mass is 10.0. The Kier molecular flexibility index (Phi) is 8.11. The number of anilines is 1. The second-order valence-electron chi connectivity index (χ2n) is 6.65. The van der Waals surface area contributed by atoms with Gasteiger partial charge in [0.05, 0.1) is 20.8 Å². The van der Waals surface area contributed by atoms with Crippen LogP contribution in [0.3, 0.4) is 0 Å². The van der Waals surface area contributed by atoms with Crippen LogP contribution in [0.1, 0.15) is 15.9 Å². The third-order valence-corrected chi connectivity index (χ3v) is 4.27. The Hall–Kier alpha value is -3.69. The molecule has 0 bridgehead atoms. The van der Waals surface area contributed by atoms with Gasteiger partial charge in [0.25, 0.3) is 5.91 Å². The summed E-state index contributed by atoms with van der Waals surface area (Å²) in [4.78, 5) is 26.3. The van der Waals surface area contributed by atoms with Gasteiger partial charge in [0.1, 0.15) is 5.75 Å². The van der Waals surface area contributed by atoms with E-state index in [1.165, 1.54) is 44.4 Å². The number of hydrogen-bond donors (Lipinski definition) is 1. The third kappa shape index (κ3) is 6.66. The van der Waals surface area contributed by atoms with E-state index in [1.807, 2.05) is 0 Å². The maximum Gasteiger partial charge on any atom is 0.573 e. The molecule has 0 saturated heterocycles. The van der Waals surface area contributed by atoms with Crippen LogP contribution in [0.15, 0.2) is 49.1 Å². The van der Waals surface area contributed by atoms with Crippen LogP contribution in [0.4, 0.5) is 18.9 Å². The van der Waals surface area contributed by atoms with Crippen molar-refractivity contribution in [2.75, 3.05) is 33.1 Å². The number of hydrogen-bond acceptors (Lipinski definition) is 5. The molecule has 7 nitrogen and oxygen atoms in total. The molecule has 10 heteroatoms. The molecule has 0 aliphatic heterocycles. The number of likely N-dealkylation sites (N-methyl/N-ethyl adjacent to an activating group) is 1. The Morgan fingerprint density at radius 3 is 2.31 bits per heavy atom. The van der Waals surface area contributed by atoms with Crippen molar-refractivity contribution in [2.45, 2.75) is 12.8 Å². The quantitative estimate of drug-likeness (QED) is 0.581. The van der Waals surface area contributed by atoms with Gasteiger partial charge in [-0.25, -0.2) is 0 Å². The van der Waals surface area contributed by atoms with E-state index >= 15 is 0 Å². The van der Waals surface area contributed by atoms with Crippen molar-refractivity contribution >= 4 is 17.5 Å². The second-order valence-corrected chi connectivity index (χ2v) is 6.65. The molecule has 1 N–H and O–H groups in total. The SMILES string of the molecule is C=CCc1cc(C(=O)N(C)CC(=O)Nc2ccc(OC(F)(F)F)cc2)cc(OC)c1OC. The van der Waals surface area contributed by atoms with Gasteiger partial charge in [0.2, 0.25) is 5.91 Å². The average Bonchev–Trinajstić information content (AvgIpc) is 2.73. The summed E-state index contributed by atoms with van der Waals surface area (Å²) in [7, 11) is 4.39. The Morgan fingerprint density at radius 1 is 1.12 bits per heavy atom. The molecule has 172 valence electrons. The lowest BCUT2D eigenvalue weighted by Crippen LogP contribution is -2.35. The fourth-order valence-corrected chi connectivity index (χ4v) is 2.92. The van der Waals surface area contributed by atoms with Crippen molar-refractivity contribution in [1.82, 2.24) is 4.90 Å². The summed E-state index contributed by atoms with van der Waals surface area (Å²) in [6.45, 7) is 3.40. The standard InChI is InChI=1S/C22H23F3N2O5/c1-5-6-14-11-15(12-18(30-3)20(14)31-4)21(29)27(2)13-19(28)26-16-7-9-17(10-8-16)32-22(23,24)25/h5,7-12H,1,6,13H2,2-4H3,(H,26,28). The van der Waals surface area contributed by atoms with Crippen molar-refractivity contribution in [2.24, 2.45) is 0 Å². The van der Waals surface area contributed by atoms with Gasteiger partial charge in [-0.2, -0.15) is 0 Å². The fraction of sp³-hybridized carbons (Fsp3) is 0.273. The topological polar surface area (TPSA) is 77.1 Å². The highest BCUT2D eigenvalue weighted by Gasteiger charge is 2.31. The molecule has 32 heavy (non-hydrogen) atoms. The van der Waals surface area contributed by atoms with E-state index in [0.717, 1.165) is 12.1 Å². The Labute approximate surface area is 183 Å². The molecule has 0 heterocycles. The first-order chi connectivity index (χ1) is 15.1. The third-order valence-electron chi connectivity index (χ3n) is 4.27. The van der Waals surface area contributed by atoms with Gasteiger partial charge in [-0.05, 0) is 42.8 Å². The molecule has 0 fully saturated rings. The molecule has 0 unspecified atom stereocenters. The number of halogens is 3. The summed E-state index contributed by atoms with van der Waals surface area (Å²) in [6.07, 6.45) is -2.70. The van der Waals surface area contributed by atoms with E-state index in [1.54, 1.807) is 12.1 Å². The average molecular weight is 452 g/mol. The maximum atomic E-state index is 12.8. The molecule has 0 radical (unpaired) electrons. The van der Waals surface area contributed by atoms with Gasteiger partial charge in [-0.1, -0.05) is 6.08 Å². The van der Waals surface area contributed by atoms with Crippen LogP contribution < -0.4 is 19.5 Å². The van der Waals surface area contributed by atoms with Crippen LogP contribution in [0.25, 0.3) is 0 Å². The minimum Gasteiger partial charge on any atom is -0.493 e. The zero-order valence-corrected chi connectivity index (χ0v) is 17.8. The zero-order chi connectivity index (χ0) is 23.9. The fourth-order valence-electron chi connectivity index (χ4n) is 2.92. The van der Waals surface area contributed by atoms with Crippen LogP contribution in [0, 0.1) is 0 Å². The van der Waals surface area contributed by atoms with Gasteiger partial charge >= 0.3 is 6.36 Å². The van der Waals surface area contributed by atoms with Gasteiger partial charge in [-0.15, -0.1) is 19.8 Å². The molecule has 2 amide bonds. The van der Waals surface area contributed by atoms with Gasteiger partial charge in [-0.3, -0.25) is 9.59 Å². The van der Waals surface area contributed by atoms with Crippen molar-refractivity contribution in [3.8, 4) is 17.2 Å². The molecule has 0 spiro atoms. The summed E-state index contributed by atoms with van der Waals surface area (Å²) in [5.41, 5.74) is 1.25. The van der Waals surface area contributed by atoms with Crippen molar-refractivity contribution in [3.05, 3.63) is 60.2 Å². The number of nitrogens with one attached hydrogen (secondary N) is 1. The first-order valence-electron chi connectivity index (χ1n) is 9.34. The van der Waals surface area contributed by atoms with Gasteiger partial charge < -0.3 is 24.4 Å². The number of carbonyl (C=O) groups is 2. The second kappa shape index (κ2) is 10.6.